The van der Waals surface area contributed by atoms with E-state index < -0.39 is 0 Å². The van der Waals surface area contributed by atoms with Crippen molar-refractivity contribution < 1.29 is 0 Å². The van der Waals surface area contributed by atoms with Crippen molar-refractivity contribution in [3.8, 4) is 11.1 Å². The van der Waals surface area contributed by atoms with E-state index in [9.17, 15) is 4.79 Å². The molecule has 1 heterocycles. The van der Waals surface area contributed by atoms with Crippen LogP contribution >= 0.6 is 0 Å². The summed E-state index contributed by atoms with van der Waals surface area (Å²) in [5.41, 5.74) is 2.85. The van der Waals surface area contributed by atoms with Gasteiger partial charge < -0.3 is 4.57 Å². The highest BCUT2D eigenvalue weighted by molar-refractivity contribution is 5.65. The van der Waals surface area contributed by atoms with Crippen LogP contribution < -0.4 is 5.56 Å². The van der Waals surface area contributed by atoms with E-state index in [2.05, 4.69) is 0 Å². The molecule has 0 amide bonds. The Balaban J connectivity index is 2.73. The lowest BCUT2D eigenvalue weighted by atomic mass is 10.0. The van der Waals surface area contributed by atoms with Crippen LogP contribution in [-0.2, 0) is 7.05 Å². The highest BCUT2D eigenvalue weighted by atomic mass is 16.1. The molecule has 0 N–H and O–H groups in total. The molecule has 0 fully saturated rings. The fourth-order valence-electron chi connectivity index (χ4n) is 1.68. The highest BCUT2D eigenvalue weighted by Gasteiger charge is 2.06. The van der Waals surface area contributed by atoms with Gasteiger partial charge in [-0.15, -0.1) is 0 Å². The summed E-state index contributed by atoms with van der Waals surface area (Å²) in [6.45, 7) is 1.96. The third-order valence-electron chi connectivity index (χ3n) is 2.54. The maximum absolute atomic E-state index is 12.0. The molecule has 1 aromatic carbocycles. The summed E-state index contributed by atoms with van der Waals surface area (Å²) < 4.78 is 1.61. The first-order valence-electron chi connectivity index (χ1n) is 4.92. The van der Waals surface area contributed by atoms with Gasteiger partial charge in [0.1, 0.15) is 0 Å². The van der Waals surface area contributed by atoms with Gasteiger partial charge in [-0.2, -0.15) is 0 Å². The maximum atomic E-state index is 12.0. The van der Waals surface area contributed by atoms with Gasteiger partial charge in [-0.25, -0.2) is 0 Å². The number of benzene rings is 1. The fraction of sp³-hybridized carbons (Fsp3) is 0.154. The lowest BCUT2D eigenvalue weighted by molar-refractivity contribution is 0.859. The third kappa shape index (κ3) is 1.71. The van der Waals surface area contributed by atoms with Crippen LogP contribution in [0.2, 0.25) is 0 Å². The average molecular weight is 199 g/mol. The second-order valence-electron chi connectivity index (χ2n) is 3.66. The van der Waals surface area contributed by atoms with Crippen molar-refractivity contribution in [2.24, 2.45) is 7.05 Å². The standard InChI is InChI=1S/C13H13NO/c1-10-8-9-14(2)13(15)12(10)11-6-4-3-5-7-11/h3-9H,1-2H3. The normalized spacial score (nSPS) is 10.3. The number of rotatable bonds is 1. The first-order chi connectivity index (χ1) is 7.20. The Morgan fingerprint density at radius 3 is 2.40 bits per heavy atom. The molecule has 0 bridgehead atoms. The van der Waals surface area contributed by atoms with Crippen LogP contribution in [0.25, 0.3) is 11.1 Å². The number of nitrogens with zero attached hydrogens (tertiary/aromatic N) is 1. The van der Waals surface area contributed by atoms with Gasteiger partial charge in [-0.1, -0.05) is 30.3 Å². The maximum Gasteiger partial charge on any atom is 0.258 e. The SMILES string of the molecule is Cc1ccn(C)c(=O)c1-c1ccccc1. The van der Waals surface area contributed by atoms with Crippen LogP contribution in [0.4, 0.5) is 0 Å². The molecule has 0 aliphatic heterocycles. The van der Waals surface area contributed by atoms with Gasteiger partial charge in [0.05, 0.1) is 5.56 Å². The summed E-state index contributed by atoms with van der Waals surface area (Å²) in [4.78, 5) is 12.0. The van der Waals surface area contributed by atoms with Gasteiger partial charge in [0.15, 0.2) is 0 Å². The van der Waals surface area contributed by atoms with Crippen LogP contribution in [-0.4, -0.2) is 4.57 Å². The zero-order valence-electron chi connectivity index (χ0n) is 8.90. The van der Waals surface area contributed by atoms with Crippen molar-refractivity contribution in [3.63, 3.8) is 0 Å². The molecule has 15 heavy (non-hydrogen) atoms. The van der Waals surface area contributed by atoms with Crippen LogP contribution in [0.5, 0.6) is 0 Å². The second kappa shape index (κ2) is 3.73. The lowest BCUT2D eigenvalue weighted by Crippen LogP contribution is -2.18. The average Bonchev–Trinajstić information content (AvgIpc) is 2.26. The number of hydrogen-bond acceptors (Lipinski definition) is 1. The monoisotopic (exact) mass is 199 g/mol. The minimum Gasteiger partial charge on any atom is -0.318 e. The summed E-state index contributed by atoms with van der Waals surface area (Å²) >= 11 is 0. The molecule has 0 unspecified atom stereocenters. The van der Waals surface area contributed by atoms with Crippen LogP contribution in [0.3, 0.4) is 0 Å². The summed E-state index contributed by atoms with van der Waals surface area (Å²) in [6, 6.07) is 11.7. The molecule has 1 aromatic heterocycles. The van der Waals surface area contributed by atoms with Crippen molar-refractivity contribution in [2.75, 3.05) is 0 Å². The Hall–Kier alpha value is -1.83. The molecule has 76 valence electrons. The number of hydrogen-bond donors (Lipinski definition) is 0. The molecule has 2 rings (SSSR count). The number of aryl methyl sites for hydroxylation is 2. The van der Waals surface area contributed by atoms with E-state index in [-0.39, 0.29) is 5.56 Å². The summed E-state index contributed by atoms with van der Waals surface area (Å²) in [7, 11) is 1.77. The van der Waals surface area contributed by atoms with Gasteiger partial charge in [-0.05, 0) is 24.1 Å². The van der Waals surface area contributed by atoms with Crippen molar-refractivity contribution in [3.05, 3.63) is 58.5 Å². The minimum atomic E-state index is 0.0567. The fourth-order valence-corrected chi connectivity index (χ4v) is 1.68. The molecule has 0 aliphatic carbocycles. The highest BCUT2D eigenvalue weighted by Crippen LogP contribution is 2.18. The Labute approximate surface area is 88.8 Å². The first kappa shape index (κ1) is 9.71. The van der Waals surface area contributed by atoms with E-state index >= 15 is 0 Å². The van der Waals surface area contributed by atoms with Crippen molar-refractivity contribution in [2.45, 2.75) is 6.92 Å². The number of pyridine rings is 1. The molecule has 0 aliphatic rings. The van der Waals surface area contributed by atoms with E-state index in [1.54, 1.807) is 17.8 Å². The van der Waals surface area contributed by atoms with Crippen LogP contribution in [0, 0.1) is 6.92 Å². The topological polar surface area (TPSA) is 22.0 Å². The van der Waals surface area contributed by atoms with Gasteiger partial charge >= 0.3 is 0 Å². The van der Waals surface area contributed by atoms with E-state index in [0.29, 0.717) is 0 Å². The van der Waals surface area contributed by atoms with Gasteiger partial charge in [0.25, 0.3) is 5.56 Å². The molecule has 2 nitrogen and oxygen atoms in total. The van der Waals surface area contributed by atoms with Gasteiger partial charge in [0, 0.05) is 13.2 Å². The molecule has 2 heteroatoms. The smallest absolute Gasteiger partial charge is 0.258 e. The third-order valence-corrected chi connectivity index (χ3v) is 2.54. The summed E-state index contributed by atoms with van der Waals surface area (Å²) in [6.07, 6.45) is 1.80. The molecule has 0 spiro atoms. The first-order valence-corrected chi connectivity index (χ1v) is 4.92. The lowest BCUT2D eigenvalue weighted by Gasteiger charge is -2.06. The Morgan fingerprint density at radius 2 is 1.73 bits per heavy atom. The van der Waals surface area contributed by atoms with Crippen molar-refractivity contribution in [1.29, 1.82) is 0 Å². The zero-order chi connectivity index (χ0) is 10.8. The predicted molar refractivity (Wildman–Crippen MR) is 61.9 cm³/mol. The van der Waals surface area contributed by atoms with Gasteiger partial charge in [0.2, 0.25) is 0 Å². The van der Waals surface area contributed by atoms with E-state index in [1.165, 1.54) is 0 Å². The van der Waals surface area contributed by atoms with E-state index in [0.717, 1.165) is 16.7 Å². The summed E-state index contributed by atoms with van der Waals surface area (Å²) in [5.74, 6) is 0. The molecule has 0 radical (unpaired) electrons. The van der Waals surface area contributed by atoms with E-state index in [1.807, 2.05) is 43.3 Å². The molecular formula is C13H13NO. The molecule has 0 saturated heterocycles. The van der Waals surface area contributed by atoms with Crippen molar-refractivity contribution >= 4 is 0 Å². The Morgan fingerprint density at radius 1 is 1.07 bits per heavy atom. The van der Waals surface area contributed by atoms with E-state index in [4.69, 9.17) is 0 Å². The van der Waals surface area contributed by atoms with Crippen molar-refractivity contribution in [1.82, 2.24) is 4.57 Å². The van der Waals surface area contributed by atoms with Crippen LogP contribution in [0.1, 0.15) is 5.56 Å². The van der Waals surface area contributed by atoms with Crippen LogP contribution in [0.15, 0.2) is 47.4 Å². The largest absolute Gasteiger partial charge is 0.318 e. The predicted octanol–water partition coefficient (Wildman–Crippen LogP) is 2.36. The molecule has 0 atom stereocenters. The molecular weight excluding hydrogens is 186 g/mol. The Bertz CT molecular complexity index is 526. The minimum absolute atomic E-state index is 0.0567. The summed E-state index contributed by atoms with van der Waals surface area (Å²) in [5, 5.41) is 0. The molecule has 2 aromatic rings. The zero-order valence-corrected chi connectivity index (χ0v) is 8.90. The quantitative estimate of drug-likeness (QED) is 0.691. The number of aromatic nitrogens is 1. The second-order valence-corrected chi connectivity index (χ2v) is 3.66. The molecule has 0 saturated carbocycles. The Kier molecular flexibility index (Phi) is 2.42. The van der Waals surface area contributed by atoms with Gasteiger partial charge in [-0.3, -0.25) is 4.79 Å².